The first-order valence-electron chi connectivity index (χ1n) is 12.5. The minimum Gasteiger partial charge on any atom is -0.393 e. The molecule has 3 rings (SSSR count). The fraction of sp³-hybridized carbons (Fsp3) is 0.786. The summed E-state index contributed by atoms with van der Waals surface area (Å²) in [6, 6.07) is 0. The monoisotopic (exact) mass is 430 g/mol. The summed E-state index contributed by atoms with van der Waals surface area (Å²) in [7, 11) is 0. The molecule has 1 unspecified atom stereocenters. The number of aliphatic hydroxyl groups is 3. The minimum atomic E-state index is -0.620. The third-order valence-electron chi connectivity index (χ3n) is 8.78. The molecule has 0 saturated heterocycles. The van der Waals surface area contributed by atoms with Crippen LogP contribution in [0.25, 0.3) is 0 Å². The molecule has 0 heterocycles. The van der Waals surface area contributed by atoms with Gasteiger partial charge in [-0.05, 0) is 99.0 Å². The van der Waals surface area contributed by atoms with Crippen LogP contribution in [0, 0.1) is 22.7 Å². The van der Waals surface area contributed by atoms with Crippen LogP contribution in [0.4, 0.5) is 0 Å². The molecule has 0 aromatic carbocycles. The fourth-order valence-electron chi connectivity index (χ4n) is 7.14. The van der Waals surface area contributed by atoms with Crippen LogP contribution >= 0.6 is 0 Å². The van der Waals surface area contributed by atoms with Gasteiger partial charge in [0.25, 0.3) is 0 Å². The van der Waals surface area contributed by atoms with Crippen molar-refractivity contribution in [3.63, 3.8) is 0 Å². The van der Waals surface area contributed by atoms with Crippen molar-refractivity contribution >= 4 is 0 Å². The molecular formula is C28H46O3. The molecular weight excluding hydrogens is 384 g/mol. The summed E-state index contributed by atoms with van der Waals surface area (Å²) in [5.41, 5.74) is 3.38. The first-order valence-corrected chi connectivity index (χ1v) is 12.5. The highest BCUT2D eigenvalue weighted by Gasteiger charge is 2.53. The Morgan fingerprint density at radius 3 is 2.48 bits per heavy atom. The molecule has 0 radical (unpaired) electrons. The summed E-state index contributed by atoms with van der Waals surface area (Å²) in [6.45, 7) is 15.3. The maximum absolute atomic E-state index is 10.2. The lowest BCUT2D eigenvalue weighted by Crippen LogP contribution is -2.40. The van der Waals surface area contributed by atoms with Gasteiger partial charge in [0.1, 0.15) is 0 Å². The van der Waals surface area contributed by atoms with Gasteiger partial charge in [0.2, 0.25) is 0 Å². The van der Waals surface area contributed by atoms with Gasteiger partial charge in [0.15, 0.2) is 0 Å². The molecule has 3 N–H and O–H groups in total. The van der Waals surface area contributed by atoms with Gasteiger partial charge in [0, 0.05) is 6.42 Å². The Labute approximate surface area is 190 Å². The van der Waals surface area contributed by atoms with Crippen LogP contribution < -0.4 is 0 Å². The molecule has 3 aliphatic carbocycles. The number of fused-ring (bicyclic) bond motifs is 1. The molecule has 0 aromatic heterocycles. The SMILES string of the molecule is C=C1/C(=C\C=C2CCC[C@@]3(C)C2CC[C@@H]3C(C)(C)CCCC(C)(C)O)C[C@@H](O)C[C@H]1O. The molecule has 3 fully saturated rings. The van der Waals surface area contributed by atoms with E-state index in [9.17, 15) is 15.3 Å². The van der Waals surface area contributed by atoms with Crippen molar-refractivity contribution in [3.8, 4) is 0 Å². The van der Waals surface area contributed by atoms with E-state index < -0.39 is 17.8 Å². The van der Waals surface area contributed by atoms with E-state index in [0.717, 1.165) is 30.4 Å². The van der Waals surface area contributed by atoms with Crippen molar-refractivity contribution < 1.29 is 15.3 Å². The number of aliphatic hydroxyl groups excluding tert-OH is 2. The molecule has 3 nitrogen and oxygen atoms in total. The lowest BCUT2D eigenvalue weighted by atomic mass is 9.57. The van der Waals surface area contributed by atoms with Crippen LogP contribution in [0.15, 0.2) is 35.5 Å². The molecule has 5 atom stereocenters. The third kappa shape index (κ3) is 5.54. The van der Waals surface area contributed by atoms with E-state index in [1.54, 1.807) is 5.57 Å². The summed E-state index contributed by atoms with van der Waals surface area (Å²) in [6.07, 6.45) is 13.7. The average Bonchev–Trinajstić information content (AvgIpc) is 3.00. The Morgan fingerprint density at radius 2 is 1.81 bits per heavy atom. The number of allylic oxidation sites excluding steroid dienone is 3. The molecule has 0 amide bonds. The maximum Gasteiger partial charge on any atom is 0.0811 e. The van der Waals surface area contributed by atoms with Gasteiger partial charge in [0.05, 0.1) is 17.8 Å². The fourth-order valence-corrected chi connectivity index (χ4v) is 7.14. The van der Waals surface area contributed by atoms with Crippen molar-refractivity contribution in [2.45, 2.75) is 117 Å². The Balaban J connectivity index is 1.75. The second kappa shape index (κ2) is 9.15. The van der Waals surface area contributed by atoms with Crippen molar-refractivity contribution in [1.82, 2.24) is 0 Å². The number of rotatable bonds is 6. The highest BCUT2D eigenvalue weighted by Crippen LogP contribution is 2.62. The Morgan fingerprint density at radius 1 is 1.10 bits per heavy atom. The summed E-state index contributed by atoms with van der Waals surface area (Å²) in [4.78, 5) is 0. The lowest BCUT2D eigenvalue weighted by Gasteiger charge is -2.48. The van der Waals surface area contributed by atoms with E-state index in [2.05, 4.69) is 39.5 Å². The highest BCUT2D eigenvalue weighted by atomic mass is 16.3. The van der Waals surface area contributed by atoms with Gasteiger partial charge in [-0.2, -0.15) is 0 Å². The maximum atomic E-state index is 10.2. The van der Waals surface area contributed by atoms with Crippen molar-refractivity contribution in [3.05, 3.63) is 35.5 Å². The largest absolute Gasteiger partial charge is 0.393 e. The molecule has 0 aromatic rings. The molecule has 0 aliphatic heterocycles. The van der Waals surface area contributed by atoms with Crippen LogP contribution in [-0.4, -0.2) is 33.1 Å². The zero-order chi connectivity index (χ0) is 23.0. The van der Waals surface area contributed by atoms with E-state index in [-0.39, 0.29) is 5.41 Å². The average molecular weight is 431 g/mol. The summed E-state index contributed by atoms with van der Waals surface area (Å²) < 4.78 is 0. The van der Waals surface area contributed by atoms with Gasteiger partial charge in [-0.3, -0.25) is 0 Å². The molecule has 0 spiro atoms. The molecule has 176 valence electrons. The van der Waals surface area contributed by atoms with Gasteiger partial charge < -0.3 is 15.3 Å². The van der Waals surface area contributed by atoms with Crippen LogP contribution in [0.1, 0.15) is 98.8 Å². The van der Waals surface area contributed by atoms with E-state index >= 15 is 0 Å². The first-order chi connectivity index (χ1) is 14.3. The van der Waals surface area contributed by atoms with Crippen LogP contribution in [0.3, 0.4) is 0 Å². The van der Waals surface area contributed by atoms with Crippen molar-refractivity contribution in [2.75, 3.05) is 0 Å². The first kappa shape index (κ1) is 24.7. The quantitative estimate of drug-likeness (QED) is 0.477. The topological polar surface area (TPSA) is 60.7 Å². The van der Waals surface area contributed by atoms with Crippen LogP contribution in [0.2, 0.25) is 0 Å². The normalized spacial score (nSPS) is 37.5. The zero-order valence-corrected chi connectivity index (χ0v) is 20.6. The smallest absolute Gasteiger partial charge is 0.0811 e. The third-order valence-corrected chi connectivity index (χ3v) is 8.78. The molecule has 3 aliphatic rings. The van der Waals surface area contributed by atoms with E-state index in [1.807, 2.05) is 13.8 Å². The van der Waals surface area contributed by atoms with Crippen LogP contribution in [0.5, 0.6) is 0 Å². The number of hydrogen-bond acceptors (Lipinski definition) is 3. The van der Waals surface area contributed by atoms with Crippen molar-refractivity contribution in [1.29, 1.82) is 0 Å². The van der Waals surface area contributed by atoms with Gasteiger partial charge in [-0.1, -0.05) is 51.5 Å². The molecule has 0 bridgehead atoms. The summed E-state index contributed by atoms with van der Waals surface area (Å²) >= 11 is 0. The Hall–Kier alpha value is -0.900. The van der Waals surface area contributed by atoms with Gasteiger partial charge >= 0.3 is 0 Å². The Kier molecular flexibility index (Phi) is 7.30. The zero-order valence-electron chi connectivity index (χ0n) is 20.6. The minimum absolute atomic E-state index is 0.279. The van der Waals surface area contributed by atoms with Gasteiger partial charge in [-0.15, -0.1) is 0 Å². The number of hydrogen-bond donors (Lipinski definition) is 3. The van der Waals surface area contributed by atoms with Gasteiger partial charge in [-0.25, -0.2) is 0 Å². The molecule has 31 heavy (non-hydrogen) atoms. The summed E-state index contributed by atoms with van der Waals surface area (Å²) in [5.74, 6) is 1.33. The lowest BCUT2D eigenvalue weighted by molar-refractivity contribution is 0.0280. The van der Waals surface area contributed by atoms with E-state index in [1.165, 1.54) is 32.1 Å². The molecule has 3 saturated carbocycles. The molecule has 3 heteroatoms. The predicted octanol–water partition coefficient (Wildman–Crippen LogP) is 6.09. The Bertz CT molecular complexity index is 723. The second-order valence-electron chi connectivity index (χ2n) is 12.3. The van der Waals surface area contributed by atoms with Crippen molar-refractivity contribution in [2.24, 2.45) is 22.7 Å². The van der Waals surface area contributed by atoms with E-state index in [0.29, 0.717) is 30.1 Å². The van der Waals surface area contributed by atoms with E-state index in [4.69, 9.17) is 0 Å². The summed E-state index contributed by atoms with van der Waals surface area (Å²) in [5, 5.41) is 30.3. The standard InChI is InChI=1S/C28H46O3/c1-19-21(17-22(29)18-24(19)30)11-10-20-9-7-16-28(6)23(20)12-13-25(28)26(2,3)14-8-15-27(4,5)31/h10-11,22-25,29-31H,1,7-9,12-18H2,2-6H3/b20-10?,21-11-/t22-,23?,24-,25-,28+/m1/s1. The second-order valence-corrected chi connectivity index (χ2v) is 12.3. The highest BCUT2D eigenvalue weighted by molar-refractivity contribution is 5.38. The van der Waals surface area contributed by atoms with Crippen LogP contribution in [-0.2, 0) is 0 Å². The predicted molar refractivity (Wildman–Crippen MR) is 129 cm³/mol.